The minimum Gasteiger partial charge on any atom is -0.426 e. The molecule has 2 saturated heterocycles. The fourth-order valence-corrected chi connectivity index (χ4v) is 7.01. The van der Waals surface area contributed by atoms with Crippen molar-refractivity contribution in [2.75, 3.05) is 16.3 Å². The normalized spacial score (nSPS) is 33.7. The highest BCUT2D eigenvalue weighted by Gasteiger charge is 2.67. The van der Waals surface area contributed by atoms with Crippen molar-refractivity contribution < 1.29 is 23.9 Å². The Kier molecular flexibility index (Phi) is 4.56. The van der Waals surface area contributed by atoms with E-state index in [1.54, 1.807) is 29.2 Å². The number of ether oxygens (including phenoxy) is 1. The minimum absolute atomic E-state index is 0.0804. The van der Waals surface area contributed by atoms with Crippen LogP contribution in [-0.2, 0) is 19.2 Å². The molecule has 6 aliphatic rings. The predicted molar refractivity (Wildman–Crippen MR) is 131 cm³/mol. The van der Waals surface area contributed by atoms with Crippen molar-refractivity contribution in [3.8, 4) is 5.75 Å². The zero-order valence-corrected chi connectivity index (χ0v) is 19.9. The highest BCUT2D eigenvalue weighted by Crippen LogP contribution is 2.65. The average molecular weight is 483 g/mol. The van der Waals surface area contributed by atoms with Crippen LogP contribution < -0.4 is 14.5 Å². The second kappa shape index (κ2) is 7.63. The zero-order chi connectivity index (χ0) is 24.7. The van der Waals surface area contributed by atoms with Crippen LogP contribution >= 0.6 is 0 Å². The van der Waals surface area contributed by atoms with Crippen molar-refractivity contribution in [3.05, 3.63) is 66.2 Å². The lowest BCUT2D eigenvalue weighted by Crippen LogP contribution is -2.40. The summed E-state index contributed by atoms with van der Waals surface area (Å²) in [6.45, 7) is 2.21. The lowest BCUT2D eigenvalue weighted by atomic mass is 9.63. The molecule has 182 valence electrons. The Labute approximate surface area is 208 Å². The van der Waals surface area contributed by atoms with Crippen molar-refractivity contribution in [1.29, 1.82) is 0 Å². The Balaban J connectivity index is 1.08. The lowest BCUT2D eigenvalue weighted by Gasteiger charge is -2.37. The van der Waals surface area contributed by atoms with E-state index in [1.807, 2.05) is 31.2 Å². The van der Waals surface area contributed by atoms with Gasteiger partial charge in [0.25, 0.3) is 0 Å². The molecule has 4 fully saturated rings. The van der Waals surface area contributed by atoms with Gasteiger partial charge in [-0.05, 0) is 66.8 Å². The first-order valence-electron chi connectivity index (χ1n) is 12.7. The van der Waals surface area contributed by atoms with E-state index in [-0.39, 0.29) is 60.1 Å². The number of allylic oxidation sites excluding steroid dienone is 2. The van der Waals surface area contributed by atoms with E-state index >= 15 is 0 Å². The SMILES string of the molecule is Cc1cccc(N2C[C@@H](C(=O)Oc3cccc(N4C(=O)[C@@H]5[C@@H]6C=C[C@H]([C@H]7C[C@@H]67)[C@@H]5C4=O)c3)CC2=O)c1. The molecule has 36 heavy (non-hydrogen) atoms. The van der Waals surface area contributed by atoms with E-state index in [0.29, 0.717) is 17.5 Å². The topological polar surface area (TPSA) is 84.0 Å². The van der Waals surface area contributed by atoms with Gasteiger partial charge in [-0.25, -0.2) is 4.90 Å². The number of carbonyl (C=O) groups is 4. The number of hydrogen-bond acceptors (Lipinski definition) is 5. The monoisotopic (exact) mass is 482 g/mol. The Morgan fingerprint density at radius 2 is 1.56 bits per heavy atom. The van der Waals surface area contributed by atoms with E-state index in [1.165, 1.54) is 4.90 Å². The number of nitrogens with zero attached hydrogens (tertiary/aromatic N) is 2. The van der Waals surface area contributed by atoms with Crippen LogP contribution in [0.4, 0.5) is 11.4 Å². The Morgan fingerprint density at radius 1 is 0.889 bits per heavy atom. The maximum absolute atomic E-state index is 13.4. The van der Waals surface area contributed by atoms with Crippen molar-refractivity contribution in [2.24, 2.45) is 41.4 Å². The molecule has 7 atom stereocenters. The summed E-state index contributed by atoms with van der Waals surface area (Å²) >= 11 is 0. The summed E-state index contributed by atoms with van der Waals surface area (Å²) in [6.07, 6.45) is 5.50. The molecule has 7 nitrogen and oxygen atoms in total. The molecular weight excluding hydrogens is 456 g/mol. The molecule has 2 saturated carbocycles. The smallest absolute Gasteiger partial charge is 0.316 e. The third-order valence-electron chi connectivity index (χ3n) is 8.73. The maximum atomic E-state index is 13.4. The summed E-state index contributed by atoms with van der Waals surface area (Å²) in [7, 11) is 0. The fraction of sp³-hybridized carbons (Fsp3) is 0.379. The molecular formula is C29H26N2O5. The molecule has 0 aromatic heterocycles. The van der Waals surface area contributed by atoms with Gasteiger partial charge in [0.15, 0.2) is 0 Å². The van der Waals surface area contributed by atoms with Gasteiger partial charge in [0.05, 0.1) is 23.4 Å². The number of benzene rings is 2. The summed E-state index contributed by atoms with van der Waals surface area (Å²) in [5.74, 6) is -0.392. The number of rotatable bonds is 4. The second-order valence-electron chi connectivity index (χ2n) is 10.8. The van der Waals surface area contributed by atoms with Gasteiger partial charge in [-0.1, -0.05) is 30.4 Å². The Hall–Kier alpha value is -3.74. The van der Waals surface area contributed by atoms with Crippen molar-refractivity contribution in [3.63, 3.8) is 0 Å². The number of aryl methyl sites for hydroxylation is 1. The molecule has 2 aromatic rings. The molecule has 3 amide bonds. The van der Waals surface area contributed by atoms with Crippen LogP contribution in [0, 0.1) is 48.3 Å². The van der Waals surface area contributed by atoms with Gasteiger partial charge in [0.2, 0.25) is 17.7 Å². The summed E-state index contributed by atoms with van der Waals surface area (Å²) < 4.78 is 5.64. The molecule has 2 heterocycles. The van der Waals surface area contributed by atoms with Gasteiger partial charge in [-0.3, -0.25) is 19.2 Å². The summed E-state index contributed by atoms with van der Waals surface area (Å²) in [4.78, 5) is 55.2. The highest BCUT2D eigenvalue weighted by molar-refractivity contribution is 6.22. The molecule has 0 radical (unpaired) electrons. The largest absolute Gasteiger partial charge is 0.426 e. The molecule has 0 N–H and O–H groups in total. The van der Waals surface area contributed by atoms with Gasteiger partial charge in [0.1, 0.15) is 5.75 Å². The van der Waals surface area contributed by atoms with Crippen molar-refractivity contribution in [2.45, 2.75) is 19.8 Å². The third-order valence-corrected chi connectivity index (χ3v) is 8.73. The molecule has 4 aliphatic carbocycles. The second-order valence-corrected chi connectivity index (χ2v) is 10.8. The van der Waals surface area contributed by atoms with E-state index in [0.717, 1.165) is 17.7 Å². The standard InChI is InChI=1S/C29H26N2O5/c1-15-4-2-5-17(10-15)30-14-16(11-24(30)32)29(35)36-19-7-3-6-18(12-19)31-27(33)25-20-8-9-21(23-13-22(20)23)26(25)28(31)34/h2-10,12,16,20-23,25-26H,11,13-14H2,1H3/t16-,20+,21+,22-,23+,25+,26-/m0/s1. The number of anilines is 2. The van der Waals surface area contributed by atoms with Gasteiger partial charge >= 0.3 is 5.97 Å². The third kappa shape index (κ3) is 3.11. The quantitative estimate of drug-likeness (QED) is 0.288. The van der Waals surface area contributed by atoms with Crippen LogP contribution in [0.15, 0.2) is 60.7 Å². The highest BCUT2D eigenvalue weighted by atomic mass is 16.5. The van der Waals surface area contributed by atoms with Crippen LogP contribution in [0.1, 0.15) is 18.4 Å². The van der Waals surface area contributed by atoms with Crippen LogP contribution in [-0.4, -0.2) is 30.2 Å². The minimum atomic E-state index is -0.590. The van der Waals surface area contributed by atoms with Crippen LogP contribution in [0.25, 0.3) is 0 Å². The number of imide groups is 1. The Bertz CT molecular complexity index is 1330. The molecule has 2 aliphatic heterocycles. The van der Waals surface area contributed by atoms with E-state index in [2.05, 4.69) is 12.2 Å². The van der Waals surface area contributed by atoms with E-state index in [9.17, 15) is 19.2 Å². The summed E-state index contributed by atoms with van der Waals surface area (Å²) in [5, 5.41) is 0. The molecule has 2 aromatic carbocycles. The first-order chi connectivity index (χ1) is 17.4. The lowest BCUT2D eigenvalue weighted by molar-refractivity contribution is -0.139. The van der Waals surface area contributed by atoms with Crippen LogP contribution in [0.5, 0.6) is 5.75 Å². The predicted octanol–water partition coefficient (Wildman–Crippen LogP) is 3.51. The van der Waals surface area contributed by atoms with Gasteiger partial charge in [0, 0.05) is 24.7 Å². The summed E-state index contributed by atoms with van der Waals surface area (Å²) in [6, 6.07) is 14.2. The molecule has 0 unspecified atom stereocenters. The fourth-order valence-electron chi connectivity index (χ4n) is 7.01. The van der Waals surface area contributed by atoms with Crippen LogP contribution in [0.2, 0.25) is 0 Å². The molecule has 8 rings (SSSR count). The van der Waals surface area contributed by atoms with Gasteiger partial charge in [-0.15, -0.1) is 0 Å². The van der Waals surface area contributed by atoms with E-state index < -0.39 is 11.9 Å². The summed E-state index contributed by atoms with van der Waals surface area (Å²) in [5.41, 5.74) is 2.24. The van der Waals surface area contributed by atoms with Crippen LogP contribution in [0.3, 0.4) is 0 Å². The van der Waals surface area contributed by atoms with E-state index in [4.69, 9.17) is 4.74 Å². The number of carbonyl (C=O) groups excluding carboxylic acids is 4. The maximum Gasteiger partial charge on any atom is 0.316 e. The molecule has 7 heteroatoms. The first-order valence-corrected chi connectivity index (χ1v) is 12.7. The molecule has 2 bridgehead atoms. The number of hydrogen-bond donors (Lipinski definition) is 0. The zero-order valence-electron chi connectivity index (χ0n) is 19.9. The first kappa shape index (κ1) is 21.5. The van der Waals surface area contributed by atoms with Crippen molar-refractivity contribution in [1.82, 2.24) is 0 Å². The Morgan fingerprint density at radius 3 is 2.25 bits per heavy atom. The van der Waals surface area contributed by atoms with Gasteiger partial charge < -0.3 is 9.64 Å². The molecule has 0 spiro atoms. The van der Waals surface area contributed by atoms with Crippen molar-refractivity contribution >= 4 is 35.1 Å². The average Bonchev–Trinajstić information content (AvgIpc) is 3.54. The number of esters is 1. The number of amides is 3. The van der Waals surface area contributed by atoms with Gasteiger partial charge in [-0.2, -0.15) is 0 Å².